The van der Waals surface area contributed by atoms with Crippen LogP contribution < -0.4 is 5.32 Å². The minimum atomic E-state index is 0.123. The number of aromatic nitrogens is 2. The summed E-state index contributed by atoms with van der Waals surface area (Å²) in [4.78, 5) is 21.2. The topological polar surface area (TPSA) is 53.4 Å². The molecule has 3 heterocycles. The zero-order chi connectivity index (χ0) is 13.2. The van der Waals surface area contributed by atoms with E-state index in [1.807, 2.05) is 9.47 Å². The molecule has 19 heavy (non-hydrogen) atoms. The van der Waals surface area contributed by atoms with Crippen molar-refractivity contribution in [3.05, 3.63) is 11.9 Å². The molecule has 0 unspecified atom stereocenters. The van der Waals surface area contributed by atoms with Crippen LogP contribution in [0.25, 0.3) is 0 Å². The van der Waals surface area contributed by atoms with Crippen molar-refractivity contribution >= 4 is 11.9 Å². The van der Waals surface area contributed by atoms with E-state index in [1.165, 1.54) is 0 Å². The zero-order valence-corrected chi connectivity index (χ0v) is 11.4. The molecule has 2 aliphatic heterocycles. The van der Waals surface area contributed by atoms with Gasteiger partial charge in [-0.2, -0.15) is 0 Å². The number of likely N-dealkylation sites (N-methyl/N-ethyl adjacent to an activating group) is 1. The fraction of sp³-hybridized carbons (Fsp3) is 0.692. The van der Waals surface area contributed by atoms with Gasteiger partial charge in [-0.15, -0.1) is 0 Å². The van der Waals surface area contributed by atoms with Crippen molar-refractivity contribution in [2.45, 2.75) is 19.9 Å². The van der Waals surface area contributed by atoms with Crippen LogP contribution in [0, 0.1) is 0 Å². The van der Waals surface area contributed by atoms with Gasteiger partial charge >= 0.3 is 0 Å². The number of hydrogen-bond acceptors (Lipinski definition) is 4. The van der Waals surface area contributed by atoms with E-state index >= 15 is 0 Å². The molecule has 0 atom stereocenters. The van der Waals surface area contributed by atoms with Crippen LogP contribution in [0.15, 0.2) is 6.20 Å². The van der Waals surface area contributed by atoms with Crippen LogP contribution in [0.3, 0.4) is 0 Å². The number of nitrogens with zero attached hydrogens (tertiary/aromatic N) is 4. The van der Waals surface area contributed by atoms with Crippen LogP contribution in [0.2, 0.25) is 0 Å². The van der Waals surface area contributed by atoms with Crippen molar-refractivity contribution in [2.75, 3.05) is 44.6 Å². The lowest BCUT2D eigenvalue weighted by Gasteiger charge is -2.34. The number of anilines is 1. The zero-order valence-electron chi connectivity index (χ0n) is 11.4. The molecule has 3 rings (SSSR count). The second-order valence-corrected chi connectivity index (χ2v) is 5.13. The maximum Gasteiger partial charge on any atom is 0.272 e. The molecule has 0 aromatic carbocycles. The molecule has 104 valence electrons. The van der Waals surface area contributed by atoms with Gasteiger partial charge in [0.1, 0.15) is 5.69 Å². The fourth-order valence-electron chi connectivity index (χ4n) is 2.78. The van der Waals surface area contributed by atoms with Crippen LogP contribution in [-0.2, 0) is 6.54 Å². The standard InChI is InChI=1S/C13H21N5O/c1-2-16-6-8-17(9-7-16)12(19)11-10-15-13-14-4-3-5-18(11)13/h10H,2-9H2,1H3,(H,14,15). The number of nitrogens with one attached hydrogen (secondary N) is 1. The first kappa shape index (κ1) is 12.5. The molecule has 6 heteroatoms. The molecule has 0 radical (unpaired) electrons. The number of imidazole rings is 1. The number of hydrogen-bond donors (Lipinski definition) is 1. The quantitative estimate of drug-likeness (QED) is 0.843. The van der Waals surface area contributed by atoms with E-state index in [2.05, 4.69) is 22.1 Å². The Morgan fingerprint density at radius 3 is 2.84 bits per heavy atom. The van der Waals surface area contributed by atoms with Crippen molar-refractivity contribution in [3.8, 4) is 0 Å². The van der Waals surface area contributed by atoms with Crippen LogP contribution in [0.1, 0.15) is 23.8 Å². The number of carbonyl (C=O) groups excluding carboxylic acids is 1. The van der Waals surface area contributed by atoms with Gasteiger partial charge in [-0.3, -0.25) is 4.79 Å². The lowest BCUT2D eigenvalue weighted by Crippen LogP contribution is -2.48. The van der Waals surface area contributed by atoms with Crippen molar-refractivity contribution in [3.63, 3.8) is 0 Å². The molecule has 1 saturated heterocycles. The second-order valence-electron chi connectivity index (χ2n) is 5.13. The molecule has 1 amide bonds. The van der Waals surface area contributed by atoms with Crippen molar-refractivity contribution < 1.29 is 4.79 Å². The average molecular weight is 263 g/mol. The van der Waals surface area contributed by atoms with Crippen molar-refractivity contribution in [1.29, 1.82) is 0 Å². The van der Waals surface area contributed by atoms with Crippen molar-refractivity contribution in [1.82, 2.24) is 19.4 Å². The third-order valence-electron chi connectivity index (χ3n) is 4.02. The van der Waals surface area contributed by atoms with E-state index in [0.29, 0.717) is 0 Å². The predicted molar refractivity (Wildman–Crippen MR) is 73.4 cm³/mol. The normalized spacial score (nSPS) is 19.9. The molecular formula is C13H21N5O. The van der Waals surface area contributed by atoms with Crippen LogP contribution in [-0.4, -0.2) is 64.5 Å². The third kappa shape index (κ3) is 2.32. The fourth-order valence-corrected chi connectivity index (χ4v) is 2.78. The monoisotopic (exact) mass is 263 g/mol. The maximum atomic E-state index is 12.5. The van der Waals surface area contributed by atoms with Crippen molar-refractivity contribution in [2.24, 2.45) is 0 Å². The summed E-state index contributed by atoms with van der Waals surface area (Å²) in [5.74, 6) is 0.958. The molecule has 1 aromatic heterocycles. The Hall–Kier alpha value is -1.56. The molecule has 2 aliphatic rings. The van der Waals surface area contributed by atoms with Gasteiger partial charge < -0.3 is 19.7 Å². The Kier molecular flexibility index (Phi) is 3.42. The highest BCUT2D eigenvalue weighted by atomic mass is 16.2. The summed E-state index contributed by atoms with van der Waals surface area (Å²) in [5, 5.41) is 3.23. The van der Waals surface area contributed by atoms with E-state index in [1.54, 1.807) is 6.20 Å². The van der Waals surface area contributed by atoms with Gasteiger partial charge in [-0.1, -0.05) is 6.92 Å². The molecule has 1 N–H and O–H groups in total. The molecule has 0 aliphatic carbocycles. The molecule has 0 spiro atoms. The molecule has 0 bridgehead atoms. The Bertz CT molecular complexity index is 462. The Morgan fingerprint density at radius 2 is 2.11 bits per heavy atom. The summed E-state index contributed by atoms with van der Waals surface area (Å²) in [6.45, 7) is 8.65. The highest BCUT2D eigenvalue weighted by Gasteiger charge is 2.25. The first-order chi connectivity index (χ1) is 9.29. The van der Waals surface area contributed by atoms with E-state index in [-0.39, 0.29) is 5.91 Å². The maximum absolute atomic E-state index is 12.5. The minimum Gasteiger partial charge on any atom is -0.356 e. The van der Waals surface area contributed by atoms with Gasteiger partial charge in [0.15, 0.2) is 0 Å². The van der Waals surface area contributed by atoms with E-state index < -0.39 is 0 Å². The smallest absolute Gasteiger partial charge is 0.272 e. The van der Waals surface area contributed by atoms with Gasteiger partial charge in [0.05, 0.1) is 6.20 Å². The first-order valence-electron chi connectivity index (χ1n) is 7.10. The number of rotatable bonds is 2. The third-order valence-corrected chi connectivity index (χ3v) is 4.02. The average Bonchev–Trinajstić information content (AvgIpc) is 2.90. The highest BCUT2D eigenvalue weighted by molar-refractivity contribution is 5.93. The molecule has 6 nitrogen and oxygen atoms in total. The summed E-state index contributed by atoms with van der Waals surface area (Å²) >= 11 is 0. The molecule has 1 fully saturated rings. The Balaban J connectivity index is 1.72. The van der Waals surface area contributed by atoms with Crippen LogP contribution in [0.5, 0.6) is 0 Å². The van der Waals surface area contributed by atoms with Crippen LogP contribution >= 0.6 is 0 Å². The predicted octanol–water partition coefficient (Wildman–Crippen LogP) is 0.476. The number of fused-ring (bicyclic) bond motifs is 1. The van der Waals surface area contributed by atoms with Gasteiger partial charge in [-0.05, 0) is 13.0 Å². The molecular weight excluding hydrogens is 242 g/mol. The minimum absolute atomic E-state index is 0.123. The number of piperazine rings is 1. The SMILES string of the molecule is CCN1CCN(C(=O)c2cnc3n2CCCN3)CC1. The summed E-state index contributed by atoms with van der Waals surface area (Å²) in [5.41, 5.74) is 0.729. The summed E-state index contributed by atoms with van der Waals surface area (Å²) in [6.07, 6.45) is 2.76. The molecule has 1 aromatic rings. The summed E-state index contributed by atoms with van der Waals surface area (Å²) < 4.78 is 2.01. The lowest BCUT2D eigenvalue weighted by molar-refractivity contribution is 0.0632. The van der Waals surface area contributed by atoms with Crippen LogP contribution in [0.4, 0.5) is 5.95 Å². The Labute approximate surface area is 113 Å². The van der Waals surface area contributed by atoms with Gasteiger partial charge in [0.2, 0.25) is 5.95 Å². The lowest BCUT2D eigenvalue weighted by atomic mass is 10.2. The largest absolute Gasteiger partial charge is 0.356 e. The summed E-state index contributed by atoms with van der Waals surface area (Å²) in [6, 6.07) is 0. The van der Waals surface area contributed by atoms with E-state index in [4.69, 9.17) is 0 Å². The number of carbonyl (C=O) groups is 1. The highest BCUT2D eigenvalue weighted by Crippen LogP contribution is 2.17. The number of amides is 1. The first-order valence-corrected chi connectivity index (χ1v) is 7.10. The van der Waals surface area contributed by atoms with Gasteiger partial charge in [0.25, 0.3) is 5.91 Å². The Morgan fingerprint density at radius 1 is 1.32 bits per heavy atom. The molecule has 0 saturated carbocycles. The van der Waals surface area contributed by atoms with E-state index in [0.717, 1.165) is 63.9 Å². The van der Waals surface area contributed by atoms with E-state index in [9.17, 15) is 4.79 Å². The van der Waals surface area contributed by atoms with Gasteiger partial charge in [-0.25, -0.2) is 4.98 Å². The van der Waals surface area contributed by atoms with Gasteiger partial charge in [0, 0.05) is 39.3 Å². The summed E-state index contributed by atoms with van der Waals surface area (Å²) in [7, 11) is 0. The second kappa shape index (κ2) is 5.21.